The molecule has 35 heavy (non-hydrogen) atoms. The van der Waals surface area contributed by atoms with Gasteiger partial charge in [0.1, 0.15) is 11.5 Å². The van der Waals surface area contributed by atoms with Crippen LogP contribution in [0.1, 0.15) is 19.6 Å². The minimum Gasteiger partial charge on any atom is -0.487 e. The molecular formula is C23H20N4O7S. The molecular weight excluding hydrogens is 476 g/mol. The summed E-state index contributed by atoms with van der Waals surface area (Å²) in [6.07, 6.45) is 1.52. The van der Waals surface area contributed by atoms with Crippen molar-refractivity contribution in [2.75, 3.05) is 11.6 Å². The van der Waals surface area contributed by atoms with E-state index < -0.39 is 20.9 Å². The Morgan fingerprint density at radius 1 is 1.17 bits per heavy atom. The lowest BCUT2D eigenvalue weighted by Crippen LogP contribution is -2.21. The predicted molar refractivity (Wildman–Crippen MR) is 128 cm³/mol. The number of carbonyl (C=O) groups is 1. The molecule has 0 atom stereocenters. The van der Waals surface area contributed by atoms with Crippen LogP contribution in [0.5, 0.6) is 5.75 Å². The molecule has 2 N–H and O–H groups in total. The van der Waals surface area contributed by atoms with E-state index in [0.717, 1.165) is 5.01 Å². The standard InChI is InChI=1S/C23H20N4O7S/c1-3-33-22-10-4-15(12-20(22)27(29)30)21-11-7-17(34-21)13-19-14(2)25-26(23(19)28)16-5-8-18(9-6-16)35(24,31)32/h4-13H,3H2,1-2H3,(H2,24,31,32)/b19-13-. The molecule has 1 aliphatic rings. The zero-order chi connectivity index (χ0) is 25.3. The Hall–Kier alpha value is -4.29. The lowest BCUT2D eigenvalue weighted by atomic mass is 10.1. The van der Waals surface area contributed by atoms with Gasteiger partial charge in [0, 0.05) is 11.6 Å². The Morgan fingerprint density at radius 3 is 2.51 bits per heavy atom. The van der Waals surface area contributed by atoms with E-state index in [9.17, 15) is 23.3 Å². The maximum absolute atomic E-state index is 13.0. The van der Waals surface area contributed by atoms with Crippen LogP contribution in [-0.4, -0.2) is 31.6 Å². The van der Waals surface area contributed by atoms with Gasteiger partial charge in [-0.2, -0.15) is 10.1 Å². The molecule has 1 aromatic heterocycles. The molecule has 0 saturated carbocycles. The van der Waals surface area contributed by atoms with E-state index in [0.29, 0.717) is 35.1 Å². The van der Waals surface area contributed by atoms with Gasteiger partial charge in [-0.25, -0.2) is 13.6 Å². The van der Waals surface area contributed by atoms with Gasteiger partial charge in [-0.1, -0.05) is 0 Å². The lowest BCUT2D eigenvalue weighted by molar-refractivity contribution is -0.385. The van der Waals surface area contributed by atoms with Crippen LogP contribution in [0.25, 0.3) is 17.4 Å². The highest BCUT2D eigenvalue weighted by Gasteiger charge is 2.29. The van der Waals surface area contributed by atoms with Gasteiger partial charge in [0.25, 0.3) is 5.91 Å². The van der Waals surface area contributed by atoms with Crippen LogP contribution in [0.15, 0.2) is 74.6 Å². The number of ether oxygens (including phenoxy) is 1. The number of nitro benzene ring substituents is 1. The van der Waals surface area contributed by atoms with Crippen molar-refractivity contribution >= 4 is 39.1 Å². The second-order valence-electron chi connectivity index (χ2n) is 7.47. The number of furan rings is 1. The number of hydrogen-bond acceptors (Lipinski definition) is 8. The van der Waals surface area contributed by atoms with E-state index in [2.05, 4.69) is 5.10 Å². The number of amides is 1. The highest BCUT2D eigenvalue weighted by Crippen LogP contribution is 2.34. The van der Waals surface area contributed by atoms with Gasteiger partial charge in [-0.15, -0.1) is 0 Å². The molecule has 11 nitrogen and oxygen atoms in total. The minimum atomic E-state index is -3.86. The maximum Gasteiger partial charge on any atom is 0.311 e. The summed E-state index contributed by atoms with van der Waals surface area (Å²) in [5.74, 6) is 0.454. The summed E-state index contributed by atoms with van der Waals surface area (Å²) >= 11 is 0. The van der Waals surface area contributed by atoms with Crippen LogP contribution in [0.4, 0.5) is 11.4 Å². The molecule has 12 heteroatoms. The van der Waals surface area contributed by atoms with Crippen molar-refractivity contribution < 1.29 is 27.3 Å². The first-order chi connectivity index (χ1) is 16.6. The van der Waals surface area contributed by atoms with Crippen LogP contribution in [0, 0.1) is 10.1 Å². The normalized spacial score (nSPS) is 14.9. The number of benzene rings is 2. The lowest BCUT2D eigenvalue weighted by Gasteiger charge is -2.11. The number of hydrogen-bond donors (Lipinski definition) is 1. The van der Waals surface area contributed by atoms with E-state index in [4.69, 9.17) is 14.3 Å². The fourth-order valence-electron chi connectivity index (χ4n) is 3.46. The van der Waals surface area contributed by atoms with Gasteiger partial charge in [-0.05, 0) is 68.5 Å². The third-order valence-corrected chi connectivity index (χ3v) is 6.05. The topological polar surface area (TPSA) is 158 Å². The summed E-state index contributed by atoms with van der Waals surface area (Å²) in [6.45, 7) is 3.68. The van der Waals surface area contributed by atoms with E-state index in [-0.39, 0.29) is 21.9 Å². The Kier molecular flexibility index (Phi) is 6.24. The highest BCUT2D eigenvalue weighted by molar-refractivity contribution is 7.89. The number of sulfonamides is 1. The second-order valence-corrected chi connectivity index (χ2v) is 9.04. The van der Waals surface area contributed by atoms with Crippen LogP contribution in [0.3, 0.4) is 0 Å². The van der Waals surface area contributed by atoms with Gasteiger partial charge in [0.15, 0.2) is 5.75 Å². The molecule has 0 spiro atoms. The SMILES string of the molecule is CCOc1ccc(-c2ccc(/C=C3\C(=O)N(c4ccc(S(N)(=O)=O)cc4)N=C3C)o2)cc1[N+](=O)[O-]. The van der Waals surface area contributed by atoms with Gasteiger partial charge in [0.05, 0.1) is 33.4 Å². The summed E-state index contributed by atoms with van der Waals surface area (Å²) in [7, 11) is -3.86. The second kappa shape index (κ2) is 9.16. The average molecular weight is 497 g/mol. The number of nitro groups is 1. The van der Waals surface area contributed by atoms with Crippen LogP contribution in [-0.2, 0) is 14.8 Å². The molecule has 0 unspecified atom stereocenters. The summed E-state index contributed by atoms with van der Waals surface area (Å²) in [5, 5.41) is 21.9. The van der Waals surface area contributed by atoms with Gasteiger partial charge in [0.2, 0.25) is 10.0 Å². The monoisotopic (exact) mass is 496 g/mol. The van der Waals surface area contributed by atoms with E-state index in [1.54, 1.807) is 32.0 Å². The van der Waals surface area contributed by atoms with Crippen LogP contribution >= 0.6 is 0 Å². The third-order valence-electron chi connectivity index (χ3n) is 5.13. The fourth-order valence-corrected chi connectivity index (χ4v) is 3.97. The Labute approximate surface area is 200 Å². The number of hydrazone groups is 1. The number of nitrogens with zero attached hydrogens (tertiary/aromatic N) is 3. The van der Waals surface area contributed by atoms with Crippen molar-refractivity contribution in [2.45, 2.75) is 18.7 Å². The molecule has 0 radical (unpaired) electrons. The average Bonchev–Trinajstić information content (AvgIpc) is 3.39. The predicted octanol–water partition coefficient (Wildman–Crippen LogP) is 3.71. The van der Waals surface area contributed by atoms with E-state index in [1.165, 1.54) is 42.5 Å². The molecule has 0 fully saturated rings. The molecule has 1 amide bonds. The van der Waals surface area contributed by atoms with Crippen molar-refractivity contribution in [1.82, 2.24) is 0 Å². The zero-order valence-corrected chi connectivity index (χ0v) is 19.5. The summed E-state index contributed by atoms with van der Waals surface area (Å²) < 4.78 is 34.0. The van der Waals surface area contributed by atoms with Crippen LogP contribution in [0.2, 0.25) is 0 Å². The van der Waals surface area contributed by atoms with Crippen molar-refractivity contribution in [3.8, 4) is 17.1 Å². The highest BCUT2D eigenvalue weighted by atomic mass is 32.2. The van der Waals surface area contributed by atoms with Crippen molar-refractivity contribution in [3.63, 3.8) is 0 Å². The molecule has 4 rings (SSSR count). The molecule has 0 bridgehead atoms. The van der Waals surface area contributed by atoms with Crippen molar-refractivity contribution in [2.24, 2.45) is 10.2 Å². The van der Waals surface area contributed by atoms with E-state index in [1.807, 2.05) is 0 Å². The van der Waals surface area contributed by atoms with Crippen molar-refractivity contribution in [3.05, 3.63) is 76.0 Å². The summed E-state index contributed by atoms with van der Waals surface area (Å²) in [4.78, 5) is 23.8. The number of rotatable bonds is 7. The summed E-state index contributed by atoms with van der Waals surface area (Å²) in [5.41, 5.74) is 1.37. The molecule has 180 valence electrons. The first kappa shape index (κ1) is 23.9. The van der Waals surface area contributed by atoms with Crippen molar-refractivity contribution in [1.29, 1.82) is 0 Å². The third kappa shape index (κ3) is 4.83. The number of anilines is 1. The van der Waals surface area contributed by atoms with Crippen LogP contribution < -0.4 is 14.9 Å². The molecule has 0 aliphatic carbocycles. The number of primary sulfonamides is 1. The molecule has 1 aliphatic heterocycles. The van der Waals surface area contributed by atoms with Gasteiger partial charge < -0.3 is 9.15 Å². The fraction of sp³-hybridized carbons (Fsp3) is 0.130. The quantitative estimate of drug-likeness (QED) is 0.296. The summed E-state index contributed by atoms with van der Waals surface area (Å²) in [6, 6.07) is 13.2. The minimum absolute atomic E-state index is 0.0815. The largest absolute Gasteiger partial charge is 0.487 e. The Balaban J connectivity index is 1.59. The first-order valence-corrected chi connectivity index (χ1v) is 11.9. The Morgan fingerprint density at radius 2 is 1.89 bits per heavy atom. The van der Waals surface area contributed by atoms with Gasteiger partial charge in [-0.3, -0.25) is 14.9 Å². The zero-order valence-electron chi connectivity index (χ0n) is 18.7. The molecule has 2 heterocycles. The van der Waals surface area contributed by atoms with E-state index >= 15 is 0 Å². The molecule has 3 aromatic rings. The molecule has 0 saturated heterocycles. The van der Waals surface area contributed by atoms with Gasteiger partial charge >= 0.3 is 5.69 Å². The molecule has 2 aromatic carbocycles. The smallest absolute Gasteiger partial charge is 0.311 e. The maximum atomic E-state index is 13.0. The number of carbonyl (C=O) groups excluding carboxylic acids is 1. The Bertz CT molecular complexity index is 1490. The first-order valence-electron chi connectivity index (χ1n) is 10.3. The number of nitrogens with two attached hydrogens (primary N) is 1.